The zero-order valence-electron chi connectivity index (χ0n) is 16.2. The number of hydrogen-bond donors (Lipinski definition) is 1. The fourth-order valence-corrected chi connectivity index (χ4v) is 3.68. The predicted octanol–water partition coefficient (Wildman–Crippen LogP) is 4.28. The fraction of sp³-hybridized carbons (Fsp3) is 0.333. The molecule has 1 fully saturated rings. The van der Waals surface area contributed by atoms with Crippen LogP contribution in [-0.4, -0.2) is 35.5 Å². The molecule has 0 bridgehead atoms. The van der Waals surface area contributed by atoms with Crippen molar-refractivity contribution in [3.63, 3.8) is 0 Å². The lowest BCUT2D eigenvalue weighted by Gasteiger charge is -2.44. The van der Waals surface area contributed by atoms with Crippen LogP contribution in [0.4, 0.5) is 18.9 Å². The number of nitro groups is 1. The Labute approximate surface area is 167 Å². The summed E-state index contributed by atoms with van der Waals surface area (Å²) in [4.78, 5) is 12.4. The van der Waals surface area contributed by atoms with Gasteiger partial charge in [-0.1, -0.05) is 19.1 Å². The van der Waals surface area contributed by atoms with Crippen LogP contribution in [0.25, 0.3) is 6.08 Å². The van der Waals surface area contributed by atoms with Crippen molar-refractivity contribution in [1.29, 1.82) is 0 Å². The molecule has 0 saturated carbocycles. The van der Waals surface area contributed by atoms with Gasteiger partial charge in [-0.2, -0.15) is 0 Å². The molecule has 29 heavy (non-hydrogen) atoms. The molecule has 3 rings (SSSR count). The van der Waals surface area contributed by atoms with E-state index in [1.165, 1.54) is 18.2 Å². The van der Waals surface area contributed by atoms with Gasteiger partial charge < -0.3 is 10.2 Å². The Kier molecular flexibility index (Phi) is 5.93. The molecular formula is C21H22F3N3O2. The van der Waals surface area contributed by atoms with Crippen molar-refractivity contribution in [3.05, 3.63) is 80.8 Å². The van der Waals surface area contributed by atoms with E-state index < -0.39 is 22.2 Å². The maximum absolute atomic E-state index is 14.2. The number of hydrogen-bond acceptors (Lipinski definition) is 4. The quantitative estimate of drug-likeness (QED) is 0.596. The number of nitrogens with one attached hydrogen (secondary N) is 1. The highest BCUT2D eigenvalue weighted by Gasteiger charge is 2.34. The van der Waals surface area contributed by atoms with Gasteiger partial charge in [0.05, 0.1) is 10.5 Å². The Morgan fingerprint density at radius 3 is 2.48 bits per heavy atom. The Bertz CT molecular complexity index is 947. The number of likely N-dealkylation sites (N-methyl/N-ethyl adjacent to an activating group) is 1. The maximum atomic E-state index is 14.2. The smallest absolute Gasteiger partial charge is 0.279 e. The van der Waals surface area contributed by atoms with Gasteiger partial charge >= 0.3 is 0 Å². The van der Waals surface area contributed by atoms with Gasteiger partial charge in [-0.15, -0.1) is 0 Å². The highest BCUT2D eigenvalue weighted by molar-refractivity contribution is 5.64. The van der Waals surface area contributed by atoms with Crippen LogP contribution in [0, 0.1) is 27.6 Å². The third-order valence-corrected chi connectivity index (χ3v) is 5.42. The number of benzene rings is 2. The van der Waals surface area contributed by atoms with E-state index in [2.05, 4.69) is 5.32 Å². The minimum Gasteiger partial charge on any atom is -0.375 e. The first-order valence-corrected chi connectivity index (χ1v) is 9.28. The van der Waals surface area contributed by atoms with Crippen LogP contribution >= 0.6 is 0 Å². The van der Waals surface area contributed by atoms with Gasteiger partial charge in [-0.3, -0.25) is 10.1 Å². The molecule has 1 saturated heterocycles. The summed E-state index contributed by atoms with van der Waals surface area (Å²) in [6.45, 7) is 2.92. The van der Waals surface area contributed by atoms with E-state index >= 15 is 0 Å². The van der Waals surface area contributed by atoms with Crippen LogP contribution in [0.1, 0.15) is 24.5 Å². The number of halogens is 3. The molecule has 1 N–H and O–H groups in total. The summed E-state index contributed by atoms with van der Waals surface area (Å²) in [7, 11) is 1.81. The van der Waals surface area contributed by atoms with Gasteiger partial charge in [0.2, 0.25) is 0 Å². The van der Waals surface area contributed by atoms with E-state index in [4.69, 9.17) is 0 Å². The molecule has 0 aliphatic carbocycles. The summed E-state index contributed by atoms with van der Waals surface area (Å²) in [6, 6.07) is 8.04. The minimum absolute atomic E-state index is 0.294. The third kappa shape index (κ3) is 4.42. The zero-order valence-corrected chi connectivity index (χ0v) is 16.2. The van der Waals surface area contributed by atoms with Gasteiger partial charge in [-0.25, -0.2) is 13.2 Å². The monoisotopic (exact) mass is 405 g/mol. The Balaban J connectivity index is 1.87. The standard InChI is InChI=1S/C21H22F3N3O2/c1-3-21(11-14-4-6-15(22)7-5-14)13-26(2)16(12-25-21)10-17-19(27(28)29)9-8-18(23)20(17)24/h4-10,25H,3,11-13H2,1-2H3. The van der Waals surface area contributed by atoms with Crippen molar-refractivity contribution in [3.8, 4) is 0 Å². The molecule has 1 unspecified atom stereocenters. The highest BCUT2D eigenvalue weighted by Crippen LogP contribution is 2.30. The zero-order chi connectivity index (χ0) is 21.2. The molecule has 0 spiro atoms. The minimum atomic E-state index is -1.24. The van der Waals surface area contributed by atoms with E-state index in [9.17, 15) is 23.3 Å². The SMILES string of the molecule is CCC1(Cc2ccc(F)cc2)CN(C)C(=Cc2c([N+](=O)[O-])ccc(F)c2F)CN1. The van der Waals surface area contributed by atoms with E-state index in [1.54, 1.807) is 12.1 Å². The van der Waals surface area contributed by atoms with E-state index in [0.717, 1.165) is 24.1 Å². The van der Waals surface area contributed by atoms with Crippen LogP contribution in [0.2, 0.25) is 0 Å². The van der Waals surface area contributed by atoms with Gasteiger partial charge in [0.1, 0.15) is 5.82 Å². The van der Waals surface area contributed by atoms with Gasteiger partial charge in [0, 0.05) is 37.4 Å². The third-order valence-electron chi connectivity index (χ3n) is 5.42. The Morgan fingerprint density at radius 1 is 1.21 bits per heavy atom. The first-order valence-electron chi connectivity index (χ1n) is 9.28. The molecule has 2 aromatic carbocycles. The topological polar surface area (TPSA) is 58.4 Å². The van der Waals surface area contributed by atoms with Crippen molar-refractivity contribution in [1.82, 2.24) is 10.2 Å². The summed E-state index contributed by atoms with van der Waals surface area (Å²) in [5.41, 5.74) is 0.440. The number of piperazine rings is 1. The number of nitro benzene ring substituents is 1. The molecule has 2 aromatic rings. The van der Waals surface area contributed by atoms with Crippen molar-refractivity contribution in [2.24, 2.45) is 0 Å². The summed E-state index contributed by atoms with van der Waals surface area (Å²) in [5.74, 6) is -2.66. The summed E-state index contributed by atoms with van der Waals surface area (Å²) in [6.07, 6.45) is 2.77. The second kappa shape index (κ2) is 8.24. The first kappa shape index (κ1) is 20.9. The van der Waals surface area contributed by atoms with Crippen LogP contribution in [0.5, 0.6) is 0 Å². The molecule has 1 heterocycles. The second-order valence-electron chi connectivity index (χ2n) is 7.33. The molecule has 0 aromatic heterocycles. The molecule has 0 amide bonds. The Morgan fingerprint density at radius 2 is 1.90 bits per heavy atom. The lowest BCUT2D eigenvalue weighted by molar-refractivity contribution is -0.385. The number of nitrogens with zero attached hydrogens (tertiary/aromatic N) is 2. The predicted molar refractivity (Wildman–Crippen MR) is 105 cm³/mol. The molecule has 8 heteroatoms. The molecule has 1 atom stereocenters. The van der Waals surface area contributed by atoms with Crippen molar-refractivity contribution >= 4 is 11.8 Å². The Hall–Kier alpha value is -2.87. The van der Waals surface area contributed by atoms with Crippen molar-refractivity contribution in [2.45, 2.75) is 25.3 Å². The lowest BCUT2D eigenvalue weighted by atomic mass is 9.85. The maximum Gasteiger partial charge on any atom is 0.279 e. The average molecular weight is 405 g/mol. The van der Waals surface area contributed by atoms with E-state index in [0.29, 0.717) is 25.2 Å². The molecular weight excluding hydrogens is 383 g/mol. The second-order valence-corrected chi connectivity index (χ2v) is 7.33. The molecule has 1 aliphatic heterocycles. The van der Waals surface area contributed by atoms with E-state index in [1.807, 2.05) is 18.9 Å². The summed E-state index contributed by atoms with van der Waals surface area (Å²) < 4.78 is 41.1. The summed E-state index contributed by atoms with van der Waals surface area (Å²) >= 11 is 0. The average Bonchev–Trinajstić information content (AvgIpc) is 2.69. The number of rotatable bonds is 5. The van der Waals surface area contributed by atoms with Crippen molar-refractivity contribution in [2.75, 3.05) is 20.1 Å². The van der Waals surface area contributed by atoms with Crippen LogP contribution in [-0.2, 0) is 6.42 Å². The van der Waals surface area contributed by atoms with Crippen LogP contribution in [0.15, 0.2) is 42.1 Å². The van der Waals surface area contributed by atoms with E-state index in [-0.39, 0.29) is 16.9 Å². The summed E-state index contributed by atoms with van der Waals surface area (Å²) in [5, 5.41) is 14.7. The highest BCUT2D eigenvalue weighted by atomic mass is 19.2. The van der Waals surface area contributed by atoms with Crippen LogP contribution < -0.4 is 5.32 Å². The largest absolute Gasteiger partial charge is 0.375 e. The van der Waals surface area contributed by atoms with Gasteiger partial charge in [-0.05, 0) is 42.7 Å². The van der Waals surface area contributed by atoms with Crippen molar-refractivity contribution < 1.29 is 18.1 Å². The van der Waals surface area contributed by atoms with Crippen LogP contribution in [0.3, 0.4) is 0 Å². The normalized spacial score (nSPS) is 20.9. The molecule has 154 valence electrons. The molecule has 0 radical (unpaired) electrons. The lowest BCUT2D eigenvalue weighted by Crippen LogP contribution is -2.59. The fourth-order valence-electron chi connectivity index (χ4n) is 3.68. The molecule has 1 aliphatic rings. The van der Waals surface area contributed by atoms with Gasteiger partial charge in [0.15, 0.2) is 11.6 Å². The van der Waals surface area contributed by atoms with Gasteiger partial charge in [0.25, 0.3) is 5.69 Å². The first-order chi connectivity index (χ1) is 13.7. The molecule has 5 nitrogen and oxygen atoms in total.